The van der Waals surface area contributed by atoms with Crippen LogP contribution in [0.3, 0.4) is 0 Å². The summed E-state index contributed by atoms with van der Waals surface area (Å²) in [6, 6.07) is 0. The van der Waals surface area contributed by atoms with Crippen LogP contribution in [0.4, 0.5) is 17.6 Å². The molecule has 2 heterocycles. The van der Waals surface area contributed by atoms with E-state index < -0.39 is 35.9 Å². The molecular weight excluding hydrogens is 188 g/mol. The third kappa shape index (κ3) is 0.591. The summed E-state index contributed by atoms with van der Waals surface area (Å²) in [5.41, 5.74) is 0. The summed E-state index contributed by atoms with van der Waals surface area (Å²) in [6.45, 7) is 0. The maximum absolute atomic E-state index is 12.9. The highest BCUT2D eigenvalue weighted by Crippen LogP contribution is 2.67. The standard InChI is InChI=1S/C8H6F4O/c9-7(10)5-3-1-2-4(13-3)6(5)8(7,11)12/h1-6H/t3-,4+,5+,6-. The lowest BCUT2D eigenvalue weighted by Crippen LogP contribution is -2.69. The Labute approximate surface area is 71.4 Å². The predicted molar refractivity (Wildman–Crippen MR) is 34.7 cm³/mol. The molecule has 13 heavy (non-hydrogen) atoms. The zero-order valence-electron chi connectivity index (χ0n) is 6.38. The molecule has 2 fully saturated rings. The molecule has 1 saturated heterocycles. The molecule has 0 N–H and O–H groups in total. The van der Waals surface area contributed by atoms with Crippen LogP contribution in [-0.4, -0.2) is 24.1 Å². The van der Waals surface area contributed by atoms with Crippen LogP contribution in [-0.2, 0) is 4.74 Å². The summed E-state index contributed by atoms with van der Waals surface area (Å²) in [5.74, 6) is -10.4. The van der Waals surface area contributed by atoms with Gasteiger partial charge in [0.25, 0.3) is 0 Å². The van der Waals surface area contributed by atoms with Crippen LogP contribution in [0.25, 0.3) is 0 Å². The van der Waals surface area contributed by atoms with Crippen LogP contribution in [0.1, 0.15) is 0 Å². The number of halogens is 4. The molecule has 3 rings (SSSR count). The van der Waals surface area contributed by atoms with Crippen LogP contribution in [0.2, 0.25) is 0 Å². The summed E-state index contributed by atoms with van der Waals surface area (Å²) in [4.78, 5) is 0. The second-order valence-electron chi connectivity index (χ2n) is 3.75. The number of hydrogen-bond acceptors (Lipinski definition) is 1. The van der Waals surface area contributed by atoms with E-state index in [0.29, 0.717) is 0 Å². The van der Waals surface area contributed by atoms with E-state index in [1.807, 2.05) is 0 Å². The van der Waals surface area contributed by atoms with Gasteiger partial charge in [-0.15, -0.1) is 0 Å². The normalized spacial score (nSPS) is 53.2. The summed E-state index contributed by atoms with van der Waals surface area (Å²) in [5, 5.41) is 0. The number of hydrogen-bond donors (Lipinski definition) is 0. The van der Waals surface area contributed by atoms with E-state index >= 15 is 0 Å². The summed E-state index contributed by atoms with van der Waals surface area (Å²) >= 11 is 0. The van der Waals surface area contributed by atoms with Gasteiger partial charge < -0.3 is 4.74 Å². The molecule has 2 bridgehead atoms. The molecular formula is C8H6F4O. The fourth-order valence-corrected chi connectivity index (χ4v) is 2.52. The fraction of sp³-hybridized carbons (Fsp3) is 0.750. The van der Waals surface area contributed by atoms with Crippen LogP contribution in [0.5, 0.6) is 0 Å². The highest BCUT2D eigenvalue weighted by Gasteiger charge is 2.84. The molecule has 3 aliphatic rings. The van der Waals surface area contributed by atoms with Gasteiger partial charge in [0.05, 0.1) is 24.0 Å². The molecule has 0 spiro atoms. The first-order chi connectivity index (χ1) is 5.96. The molecule has 2 aliphatic heterocycles. The quantitative estimate of drug-likeness (QED) is 0.422. The average molecular weight is 194 g/mol. The van der Waals surface area contributed by atoms with Crippen LogP contribution in [0, 0.1) is 11.8 Å². The van der Waals surface area contributed by atoms with E-state index in [2.05, 4.69) is 0 Å². The molecule has 0 aromatic carbocycles. The Kier molecular flexibility index (Phi) is 1.06. The molecule has 0 unspecified atom stereocenters. The first-order valence-corrected chi connectivity index (χ1v) is 4.05. The van der Waals surface area contributed by atoms with Crippen molar-refractivity contribution in [2.45, 2.75) is 24.1 Å². The Morgan fingerprint density at radius 2 is 1.23 bits per heavy atom. The van der Waals surface area contributed by atoms with Gasteiger partial charge in [-0.25, -0.2) is 0 Å². The lowest BCUT2D eigenvalue weighted by Gasteiger charge is -2.49. The van der Waals surface area contributed by atoms with Gasteiger partial charge in [-0.2, -0.15) is 17.6 Å². The lowest BCUT2D eigenvalue weighted by atomic mass is 9.61. The van der Waals surface area contributed by atoms with E-state index in [-0.39, 0.29) is 0 Å². The molecule has 1 aliphatic carbocycles. The van der Waals surface area contributed by atoms with Gasteiger partial charge in [0.15, 0.2) is 0 Å². The monoisotopic (exact) mass is 194 g/mol. The summed E-state index contributed by atoms with van der Waals surface area (Å²) in [7, 11) is 0. The topological polar surface area (TPSA) is 9.23 Å². The number of fused-ring (bicyclic) bond motifs is 5. The van der Waals surface area contributed by atoms with Gasteiger partial charge in [0.1, 0.15) is 0 Å². The van der Waals surface area contributed by atoms with Gasteiger partial charge in [-0.1, -0.05) is 12.2 Å². The summed E-state index contributed by atoms with van der Waals surface area (Å²) in [6.07, 6.45) is 1.30. The highest BCUT2D eigenvalue weighted by atomic mass is 19.3. The Bertz CT molecular complexity index is 271. The fourth-order valence-electron chi connectivity index (χ4n) is 2.52. The molecule has 0 radical (unpaired) electrons. The molecule has 1 saturated carbocycles. The Balaban J connectivity index is 2.04. The average Bonchev–Trinajstić information content (AvgIpc) is 2.60. The molecule has 5 heteroatoms. The minimum Gasteiger partial charge on any atom is -0.366 e. The maximum atomic E-state index is 12.9. The van der Waals surface area contributed by atoms with Gasteiger partial charge >= 0.3 is 11.8 Å². The Morgan fingerprint density at radius 1 is 0.846 bits per heavy atom. The Hall–Kier alpha value is -0.580. The first kappa shape index (κ1) is 7.79. The van der Waals surface area contributed by atoms with E-state index in [1.54, 1.807) is 0 Å². The van der Waals surface area contributed by atoms with Crippen LogP contribution >= 0.6 is 0 Å². The van der Waals surface area contributed by atoms with Crippen molar-refractivity contribution in [1.82, 2.24) is 0 Å². The van der Waals surface area contributed by atoms with E-state index in [1.165, 1.54) is 12.2 Å². The number of ether oxygens (including phenoxy) is 1. The van der Waals surface area contributed by atoms with Gasteiger partial charge in [0.2, 0.25) is 0 Å². The molecule has 1 nitrogen and oxygen atoms in total. The third-order valence-corrected chi connectivity index (χ3v) is 3.18. The van der Waals surface area contributed by atoms with E-state index in [4.69, 9.17) is 4.74 Å². The molecule has 0 amide bonds. The predicted octanol–water partition coefficient (Wildman–Crippen LogP) is 1.84. The maximum Gasteiger partial charge on any atom is 0.316 e. The molecule has 4 atom stereocenters. The SMILES string of the molecule is FC1(F)[C@@H]2[C@@H]([C@@H]3C=C[C@H]2O3)C1(F)F. The molecule has 0 aromatic rings. The van der Waals surface area contributed by atoms with Crippen molar-refractivity contribution in [2.75, 3.05) is 0 Å². The minimum atomic E-state index is -3.89. The highest BCUT2D eigenvalue weighted by molar-refractivity contribution is 5.28. The minimum absolute atomic E-state index is 0.801. The van der Waals surface area contributed by atoms with E-state index in [9.17, 15) is 17.6 Å². The molecule has 0 aromatic heterocycles. The van der Waals surface area contributed by atoms with Crippen molar-refractivity contribution >= 4 is 0 Å². The number of rotatable bonds is 0. The first-order valence-electron chi connectivity index (χ1n) is 4.05. The van der Waals surface area contributed by atoms with Crippen molar-refractivity contribution in [3.63, 3.8) is 0 Å². The zero-order valence-corrected chi connectivity index (χ0v) is 6.38. The second-order valence-corrected chi connectivity index (χ2v) is 3.75. The van der Waals surface area contributed by atoms with Gasteiger partial charge in [-0.05, 0) is 0 Å². The largest absolute Gasteiger partial charge is 0.366 e. The van der Waals surface area contributed by atoms with Crippen molar-refractivity contribution < 1.29 is 22.3 Å². The van der Waals surface area contributed by atoms with Crippen molar-refractivity contribution in [3.8, 4) is 0 Å². The van der Waals surface area contributed by atoms with Gasteiger partial charge in [0, 0.05) is 0 Å². The summed E-state index contributed by atoms with van der Waals surface area (Å²) < 4.78 is 56.4. The van der Waals surface area contributed by atoms with E-state index in [0.717, 1.165) is 0 Å². The Morgan fingerprint density at radius 3 is 1.62 bits per heavy atom. The van der Waals surface area contributed by atoms with Crippen molar-refractivity contribution in [1.29, 1.82) is 0 Å². The van der Waals surface area contributed by atoms with Crippen LogP contribution in [0.15, 0.2) is 12.2 Å². The van der Waals surface area contributed by atoms with Crippen molar-refractivity contribution in [3.05, 3.63) is 12.2 Å². The van der Waals surface area contributed by atoms with Gasteiger partial charge in [-0.3, -0.25) is 0 Å². The smallest absolute Gasteiger partial charge is 0.316 e. The van der Waals surface area contributed by atoms with Crippen LogP contribution < -0.4 is 0 Å². The lowest BCUT2D eigenvalue weighted by molar-refractivity contribution is -0.346. The van der Waals surface area contributed by atoms with Crippen molar-refractivity contribution in [2.24, 2.45) is 11.8 Å². The zero-order chi connectivity index (χ0) is 9.43. The second kappa shape index (κ2) is 1.78. The molecule has 72 valence electrons. The third-order valence-electron chi connectivity index (χ3n) is 3.18. The number of alkyl halides is 4.